The topological polar surface area (TPSA) is 84.9 Å². The standard InChI is InChI=1S/C19H23ClN2O5S/c1-13-5-7-14(8-6-13)11-21-19(23)12-22(28(4,24)25)16-10-17(26-2)15(20)9-18(16)27-3/h5-10H,11-12H2,1-4H3,(H,21,23). The molecule has 0 fully saturated rings. The molecule has 0 saturated carbocycles. The van der Waals surface area contributed by atoms with Gasteiger partial charge in [0.1, 0.15) is 18.0 Å². The Morgan fingerprint density at radius 1 is 1.11 bits per heavy atom. The second-order valence-corrected chi connectivity index (χ2v) is 8.50. The number of nitrogens with zero attached hydrogens (tertiary/aromatic N) is 1. The minimum atomic E-state index is -3.78. The summed E-state index contributed by atoms with van der Waals surface area (Å²) in [5.74, 6) is 0.0238. The highest BCUT2D eigenvalue weighted by Crippen LogP contribution is 2.38. The Balaban J connectivity index is 2.25. The Kier molecular flexibility index (Phi) is 7.15. The van der Waals surface area contributed by atoms with Gasteiger partial charge in [-0.15, -0.1) is 0 Å². The van der Waals surface area contributed by atoms with Crippen molar-refractivity contribution in [2.45, 2.75) is 13.5 Å². The molecular formula is C19H23ClN2O5S. The second-order valence-electron chi connectivity index (χ2n) is 6.19. The summed E-state index contributed by atoms with van der Waals surface area (Å²) in [6.45, 7) is 1.85. The van der Waals surface area contributed by atoms with E-state index in [2.05, 4.69) is 5.32 Å². The van der Waals surface area contributed by atoms with Gasteiger partial charge in [0.05, 0.1) is 31.2 Å². The van der Waals surface area contributed by atoms with Gasteiger partial charge in [0, 0.05) is 18.7 Å². The fraction of sp³-hybridized carbons (Fsp3) is 0.316. The van der Waals surface area contributed by atoms with E-state index in [9.17, 15) is 13.2 Å². The summed E-state index contributed by atoms with van der Waals surface area (Å²) in [7, 11) is -0.976. The van der Waals surface area contributed by atoms with Crippen molar-refractivity contribution in [3.63, 3.8) is 0 Å². The van der Waals surface area contributed by atoms with Gasteiger partial charge in [0.2, 0.25) is 15.9 Å². The van der Waals surface area contributed by atoms with Gasteiger partial charge in [0.25, 0.3) is 0 Å². The van der Waals surface area contributed by atoms with Crippen LogP contribution in [-0.4, -0.2) is 41.3 Å². The van der Waals surface area contributed by atoms with Crippen LogP contribution in [0.1, 0.15) is 11.1 Å². The first kappa shape index (κ1) is 21.8. The predicted octanol–water partition coefficient (Wildman–Crippen LogP) is 2.75. The Hall–Kier alpha value is -2.45. The van der Waals surface area contributed by atoms with Crippen LogP contribution in [0.4, 0.5) is 5.69 Å². The average molecular weight is 427 g/mol. The van der Waals surface area contributed by atoms with Crippen LogP contribution in [0.2, 0.25) is 5.02 Å². The van der Waals surface area contributed by atoms with E-state index >= 15 is 0 Å². The number of aryl methyl sites for hydroxylation is 1. The number of ether oxygens (including phenoxy) is 2. The first-order chi connectivity index (χ1) is 13.2. The molecule has 2 aromatic rings. The van der Waals surface area contributed by atoms with Crippen molar-refractivity contribution in [2.75, 3.05) is 31.3 Å². The van der Waals surface area contributed by atoms with Crippen LogP contribution in [0.5, 0.6) is 11.5 Å². The smallest absolute Gasteiger partial charge is 0.241 e. The van der Waals surface area contributed by atoms with E-state index in [4.69, 9.17) is 21.1 Å². The van der Waals surface area contributed by atoms with Gasteiger partial charge < -0.3 is 14.8 Å². The molecule has 0 atom stereocenters. The van der Waals surface area contributed by atoms with E-state index in [1.165, 1.54) is 26.4 Å². The van der Waals surface area contributed by atoms with Gasteiger partial charge in [-0.05, 0) is 12.5 Å². The van der Waals surface area contributed by atoms with Crippen LogP contribution < -0.4 is 19.1 Å². The molecule has 0 radical (unpaired) electrons. The zero-order valence-electron chi connectivity index (χ0n) is 16.2. The number of anilines is 1. The van der Waals surface area contributed by atoms with Crippen molar-refractivity contribution in [3.8, 4) is 11.5 Å². The summed E-state index contributed by atoms with van der Waals surface area (Å²) < 4.78 is 36.1. The molecule has 152 valence electrons. The average Bonchev–Trinajstić information content (AvgIpc) is 2.64. The summed E-state index contributed by atoms with van der Waals surface area (Å²) in [5, 5.41) is 2.99. The van der Waals surface area contributed by atoms with Gasteiger partial charge in [0.15, 0.2) is 0 Å². The molecule has 7 nitrogen and oxygen atoms in total. The fourth-order valence-corrected chi connectivity index (χ4v) is 3.60. The molecule has 9 heteroatoms. The lowest BCUT2D eigenvalue weighted by Gasteiger charge is -2.24. The lowest BCUT2D eigenvalue weighted by molar-refractivity contribution is -0.119. The third-order valence-electron chi connectivity index (χ3n) is 4.02. The number of halogens is 1. The summed E-state index contributed by atoms with van der Waals surface area (Å²) in [6.07, 6.45) is 1.01. The normalized spacial score (nSPS) is 11.0. The Morgan fingerprint density at radius 2 is 1.71 bits per heavy atom. The maximum Gasteiger partial charge on any atom is 0.241 e. The number of carbonyl (C=O) groups is 1. The Labute approximate surface area is 170 Å². The molecule has 0 unspecified atom stereocenters. The first-order valence-electron chi connectivity index (χ1n) is 8.37. The van der Waals surface area contributed by atoms with Gasteiger partial charge in [-0.25, -0.2) is 8.42 Å². The van der Waals surface area contributed by atoms with Gasteiger partial charge in [-0.2, -0.15) is 0 Å². The number of hydrogen-bond donors (Lipinski definition) is 1. The quantitative estimate of drug-likeness (QED) is 0.701. The van der Waals surface area contributed by atoms with Crippen LogP contribution in [0, 0.1) is 6.92 Å². The molecule has 0 saturated heterocycles. The molecular weight excluding hydrogens is 404 g/mol. The molecule has 0 aromatic heterocycles. The Bertz CT molecular complexity index is 946. The summed E-state index contributed by atoms with van der Waals surface area (Å²) in [5.41, 5.74) is 2.19. The van der Waals surface area contributed by atoms with Crippen LogP contribution in [0.3, 0.4) is 0 Å². The SMILES string of the molecule is COc1cc(N(CC(=O)NCc2ccc(C)cc2)S(C)(=O)=O)c(OC)cc1Cl. The van der Waals surface area contributed by atoms with Crippen molar-refractivity contribution in [1.29, 1.82) is 0 Å². The minimum Gasteiger partial charge on any atom is -0.495 e. The zero-order valence-corrected chi connectivity index (χ0v) is 17.7. The summed E-state index contributed by atoms with van der Waals surface area (Å²) >= 11 is 6.08. The van der Waals surface area contributed by atoms with E-state index in [0.29, 0.717) is 0 Å². The van der Waals surface area contributed by atoms with Crippen molar-refractivity contribution in [1.82, 2.24) is 5.32 Å². The van der Waals surface area contributed by atoms with E-state index in [1.807, 2.05) is 31.2 Å². The number of amides is 1. The van der Waals surface area contributed by atoms with Crippen LogP contribution in [0.25, 0.3) is 0 Å². The first-order valence-corrected chi connectivity index (χ1v) is 10.6. The number of methoxy groups -OCH3 is 2. The third kappa shape index (κ3) is 5.53. The molecule has 0 spiro atoms. The van der Waals surface area contributed by atoms with E-state index < -0.39 is 22.5 Å². The number of sulfonamides is 1. The van der Waals surface area contributed by atoms with E-state index in [-0.39, 0.29) is 28.8 Å². The third-order valence-corrected chi connectivity index (χ3v) is 5.44. The monoisotopic (exact) mass is 426 g/mol. The second kappa shape index (κ2) is 9.16. The number of nitrogens with one attached hydrogen (secondary N) is 1. The number of carbonyl (C=O) groups excluding carboxylic acids is 1. The summed E-state index contributed by atoms with van der Waals surface area (Å²) in [6, 6.07) is 10.5. The molecule has 0 aliphatic rings. The fourth-order valence-electron chi connectivity index (χ4n) is 2.51. The van der Waals surface area contributed by atoms with Crippen molar-refractivity contribution >= 4 is 33.2 Å². The zero-order chi connectivity index (χ0) is 20.9. The van der Waals surface area contributed by atoms with Gasteiger partial charge in [-0.1, -0.05) is 41.4 Å². The van der Waals surface area contributed by atoms with E-state index in [1.54, 1.807) is 0 Å². The van der Waals surface area contributed by atoms with Crippen LogP contribution in [0.15, 0.2) is 36.4 Å². The van der Waals surface area contributed by atoms with Crippen molar-refractivity contribution < 1.29 is 22.7 Å². The number of hydrogen-bond acceptors (Lipinski definition) is 5. The van der Waals surface area contributed by atoms with Crippen molar-refractivity contribution in [2.24, 2.45) is 0 Å². The maximum atomic E-state index is 12.4. The molecule has 2 rings (SSSR count). The molecule has 0 aliphatic heterocycles. The molecule has 0 heterocycles. The molecule has 0 bridgehead atoms. The van der Waals surface area contributed by atoms with E-state index in [0.717, 1.165) is 21.7 Å². The molecule has 1 amide bonds. The highest BCUT2D eigenvalue weighted by atomic mass is 35.5. The molecule has 28 heavy (non-hydrogen) atoms. The highest BCUT2D eigenvalue weighted by Gasteiger charge is 2.25. The van der Waals surface area contributed by atoms with Gasteiger partial charge in [-0.3, -0.25) is 9.10 Å². The number of rotatable bonds is 8. The highest BCUT2D eigenvalue weighted by molar-refractivity contribution is 7.92. The lowest BCUT2D eigenvalue weighted by Crippen LogP contribution is -2.40. The van der Waals surface area contributed by atoms with Crippen LogP contribution >= 0.6 is 11.6 Å². The molecule has 2 aromatic carbocycles. The number of benzene rings is 2. The Morgan fingerprint density at radius 3 is 2.25 bits per heavy atom. The largest absolute Gasteiger partial charge is 0.495 e. The van der Waals surface area contributed by atoms with Gasteiger partial charge >= 0.3 is 0 Å². The van der Waals surface area contributed by atoms with Crippen LogP contribution in [-0.2, 0) is 21.4 Å². The lowest BCUT2D eigenvalue weighted by atomic mass is 10.1. The predicted molar refractivity (Wildman–Crippen MR) is 110 cm³/mol. The maximum absolute atomic E-state index is 12.4. The molecule has 1 N–H and O–H groups in total. The van der Waals surface area contributed by atoms with Crippen molar-refractivity contribution in [3.05, 3.63) is 52.5 Å². The molecule has 0 aliphatic carbocycles. The minimum absolute atomic E-state index is 0.164. The summed E-state index contributed by atoms with van der Waals surface area (Å²) in [4.78, 5) is 12.4.